The number of aryl methyl sites for hydroxylation is 1. The van der Waals surface area contributed by atoms with Crippen LogP contribution in [0.2, 0.25) is 0 Å². The summed E-state index contributed by atoms with van der Waals surface area (Å²) in [5.74, 6) is 1.10. The lowest BCUT2D eigenvalue weighted by atomic mass is 9.93. The molecule has 1 saturated carbocycles. The third-order valence-electron chi connectivity index (χ3n) is 5.75. The van der Waals surface area contributed by atoms with E-state index in [1.165, 1.54) is 0 Å². The Kier molecular flexibility index (Phi) is 8.71. The Morgan fingerprint density at radius 3 is 2.61 bits per heavy atom. The van der Waals surface area contributed by atoms with Crippen molar-refractivity contribution in [2.24, 2.45) is 17.8 Å². The molecule has 6 N–H and O–H groups in total. The van der Waals surface area contributed by atoms with E-state index in [2.05, 4.69) is 20.6 Å². The molecule has 0 unspecified atom stereocenters. The van der Waals surface area contributed by atoms with Crippen LogP contribution in [0, 0.1) is 0 Å². The summed E-state index contributed by atoms with van der Waals surface area (Å²) in [5, 5.41) is 25.4. The standard InChI is InChI=1S/C24H38N6O3/c1-15(26-12-16(2)31)9-23(25)29-21-10-20(11-22-24(21)28-14-30(22)4)33-19-7-5-18(6-8-19)27-13-17(3)32/h9-11,14,16-19,26-27,31-32H,5-8,12-13H2,1-4H3,(H2,25,29)/b15-9-/t16-,17-,18?,19?/m0/s1. The summed E-state index contributed by atoms with van der Waals surface area (Å²) < 4.78 is 8.29. The van der Waals surface area contributed by atoms with Crippen LogP contribution in [0.25, 0.3) is 11.0 Å². The highest BCUT2D eigenvalue weighted by Gasteiger charge is 2.23. The summed E-state index contributed by atoms with van der Waals surface area (Å²) >= 11 is 0. The molecule has 2 atom stereocenters. The molecule has 9 heteroatoms. The predicted molar refractivity (Wildman–Crippen MR) is 132 cm³/mol. The number of aromatic nitrogens is 2. The van der Waals surface area contributed by atoms with Crippen molar-refractivity contribution in [3.63, 3.8) is 0 Å². The first-order valence-corrected chi connectivity index (χ1v) is 11.7. The average Bonchev–Trinajstić information content (AvgIpc) is 3.12. The Morgan fingerprint density at radius 2 is 1.94 bits per heavy atom. The Hall–Kier alpha value is -2.62. The van der Waals surface area contributed by atoms with Crippen LogP contribution in [0.15, 0.2) is 35.2 Å². The highest BCUT2D eigenvalue weighted by molar-refractivity contribution is 5.98. The van der Waals surface area contributed by atoms with E-state index in [-0.39, 0.29) is 12.2 Å². The second kappa shape index (κ2) is 11.5. The van der Waals surface area contributed by atoms with E-state index >= 15 is 0 Å². The van der Waals surface area contributed by atoms with Gasteiger partial charge in [0.1, 0.15) is 17.1 Å². The van der Waals surface area contributed by atoms with Crippen molar-refractivity contribution in [3.8, 4) is 5.75 Å². The number of aliphatic hydroxyl groups excluding tert-OH is 2. The summed E-state index contributed by atoms with van der Waals surface area (Å²) in [6, 6.07) is 4.32. The number of fused-ring (bicyclic) bond motifs is 1. The molecule has 9 nitrogen and oxygen atoms in total. The summed E-state index contributed by atoms with van der Waals surface area (Å²) in [6.45, 7) is 6.47. The van der Waals surface area contributed by atoms with Gasteiger partial charge in [-0.2, -0.15) is 0 Å². The van der Waals surface area contributed by atoms with Gasteiger partial charge in [0.25, 0.3) is 0 Å². The van der Waals surface area contributed by atoms with Crippen molar-refractivity contribution in [1.82, 2.24) is 20.2 Å². The predicted octanol–water partition coefficient (Wildman–Crippen LogP) is 2.10. The molecule has 0 bridgehead atoms. The molecule has 1 aliphatic rings. The number of nitrogens with two attached hydrogens (primary N) is 1. The number of hydrogen-bond acceptors (Lipinski definition) is 7. The SMILES string of the molecule is C/C(=C/C(N)=Nc1cc(OC2CCC(NC[C@H](C)O)CC2)cc2c1ncn2C)NC[C@H](C)O. The lowest BCUT2D eigenvalue weighted by molar-refractivity contribution is 0.131. The molecule has 0 aliphatic heterocycles. The van der Waals surface area contributed by atoms with Gasteiger partial charge in [-0.25, -0.2) is 9.98 Å². The normalized spacial score (nSPS) is 21.8. The molecular weight excluding hydrogens is 420 g/mol. The molecule has 1 aliphatic carbocycles. The number of amidine groups is 1. The number of imidazole rings is 1. The van der Waals surface area contributed by atoms with Crippen molar-refractivity contribution in [2.75, 3.05) is 13.1 Å². The fourth-order valence-electron chi connectivity index (χ4n) is 4.01. The molecule has 1 heterocycles. The molecule has 1 fully saturated rings. The number of aliphatic imine (C=N–C) groups is 1. The maximum atomic E-state index is 9.48. The van der Waals surface area contributed by atoms with Crippen molar-refractivity contribution < 1.29 is 14.9 Å². The van der Waals surface area contributed by atoms with Gasteiger partial charge in [0.05, 0.1) is 35.8 Å². The number of hydrogen-bond donors (Lipinski definition) is 5. The van der Waals surface area contributed by atoms with Gasteiger partial charge < -0.3 is 35.9 Å². The summed E-state index contributed by atoms with van der Waals surface area (Å²) in [7, 11) is 1.94. The van der Waals surface area contributed by atoms with Gasteiger partial charge in [-0.15, -0.1) is 0 Å². The van der Waals surface area contributed by atoms with Gasteiger partial charge in [-0.05, 0) is 52.5 Å². The van der Waals surface area contributed by atoms with E-state index in [1.54, 1.807) is 26.3 Å². The molecule has 0 spiro atoms. The largest absolute Gasteiger partial charge is 0.490 e. The number of nitrogens with one attached hydrogen (secondary N) is 2. The number of aliphatic hydroxyl groups is 2. The highest BCUT2D eigenvalue weighted by Crippen LogP contribution is 2.32. The minimum atomic E-state index is -0.447. The van der Waals surface area contributed by atoms with Crippen molar-refractivity contribution in [3.05, 3.63) is 30.2 Å². The second-order valence-corrected chi connectivity index (χ2v) is 9.11. The van der Waals surface area contributed by atoms with Gasteiger partial charge in [0.2, 0.25) is 0 Å². The van der Waals surface area contributed by atoms with Crippen molar-refractivity contribution in [2.45, 2.75) is 70.8 Å². The maximum Gasteiger partial charge on any atom is 0.125 e. The Labute approximate surface area is 195 Å². The summed E-state index contributed by atoms with van der Waals surface area (Å²) in [5.41, 5.74) is 9.36. The van der Waals surface area contributed by atoms with E-state index in [0.29, 0.717) is 30.7 Å². The number of allylic oxidation sites excluding steroid dienone is 1. The van der Waals surface area contributed by atoms with Crippen LogP contribution in [0.4, 0.5) is 5.69 Å². The number of nitrogens with zero attached hydrogens (tertiary/aromatic N) is 3. The second-order valence-electron chi connectivity index (χ2n) is 9.11. The third-order valence-corrected chi connectivity index (χ3v) is 5.75. The molecule has 2 aromatic rings. The van der Waals surface area contributed by atoms with Gasteiger partial charge in [0, 0.05) is 44.0 Å². The molecule has 0 amide bonds. The maximum absolute atomic E-state index is 9.48. The monoisotopic (exact) mass is 458 g/mol. The van der Waals surface area contributed by atoms with Crippen LogP contribution in [0.1, 0.15) is 46.5 Å². The third kappa shape index (κ3) is 7.45. The highest BCUT2D eigenvalue weighted by atomic mass is 16.5. The number of benzene rings is 1. The molecule has 0 radical (unpaired) electrons. The quantitative estimate of drug-likeness (QED) is 0.272. The average molecular weight is 459 g/mol. The summed E-state index contributed by atoms with van der Waals surface area (Å²) in [4.78, 5) is 9.09. The molecule has 33 heavy (non-hydrogen) atoms. The first-order chi connectivity index (χ1) is 15.7. The topological polar surface area (TPSA) is 130 Å². The van der Waals surface area contributed by atoms with Crippen LogP contribution in [-0.2, 0) is 7.05 Å². The Bertz CT molecular complexity index is 974. The molecule has 1 aromatic heterocycles. The van der Waals surface area contributed by atoms with E-state index in [1.807, 2.05) is 30.7 Å². The Morgan fingerprint density at radius 1 is 1.24 bits per heavy atom. The molecule has 0 saturated heterocycles. The van der Waals surface area contributed by atoms with Gasteiger partial charge >= 0.3 is 0 Å². The van der Waals surface area contributed by atoms with Gasteiger partial charge in [0.15, 0.2) is 0 Å². The van der Waals surface area contributed by atoms with Crippen LogP contribution >= 0.6 is 0 Å². The molecular formula is C24H38N6O3. The molecule has 182 valence electrons. The van der Waals surface area contributed by atoms with Crippen LogP contribution < -0.4 is 21.1 Å². The van der Waals surface area contributed by atoms with E-state index < -0.39 is 6.10 Å². The minimum absolute atomic E-state index is 0.140. The zero-order valence-corrected chi connectivity index (χ0v) is 20.1. The lowest BCUT2D eigenvalue weighted by Crippen LogP contribution is -2.39. The van der Waals surface area contributed by atoms with Gasteiger partial charge in [-0.1, -0.05) is 0 Å². The zero-order valence-electron chi connectivity index (χ0n) is 20.1. The van der Waals surface area contributed by atoms with E-state index in [4.69, 9.17) is 10.5 Å². The van der Waals surface area contributed by atoms with Crippen LogP contribution in [0.5, 0.6) is 5.75 Å². The zero-order chi connectivity index (χ0) is 24.0. The smallest absolute Gasteiger partial charge is 0.125 e. The number of ether oxygens (including phenoxy) is 1. The van der Waals surface area contributed by atoms with E-state index in [9.17, 15) is 10.2 Å². The minimum Gasteiger partial charge on any atom is -0.490 e. The number of rotatable bonds is 10. The Balaban J connectivity index is 1.73. The fourth-order valence-corrected chi connectivity index (χ4v) is 4.01. The first kappa shape index (κ1) is 25.0. The van der Waals surface area contributed by atoms with Crippen molar-refractivity contribution >= 4 is 22.6 Å². The lowest BCUT2D eigenvalue weighted by Gasteiger charge is -2.30. The van der Waals surface area contributed by atoms with E-state index in [0.717, 1.165) is 48.2 Å². The molecule has 3 rings (SSSR count). The van der Waals surface area contributed by atoms with Crippen LogP contribution in [0.3, 0.4) is 0 Å². The van der Waals surface area contributed by atoms with Crippen LogP contribution in [-0.4, -0.2) is 63.0 Å². The fraction of sp³-hybridized carbons (Fsp3) is 0.583. The van der Waals surface area contributed by atoms with Gasteiger partial charge in [-0.3, -0.25) is 0 Å². The molecule has 1 aromatic carbocycles. The first-order valence-electron chi connectivity index (χ1n) is 11.7. The van der Waals surface area contributed by atoms with Crippen molar-refractivity contribution in [1.29, 1.82) is 0 Å². The summed E-state index contributed by atoms with van der Waals surface area (Å²) in [6.07, 6.45) is 6.82.